The summed E-state index contributed by atoms with van der Waals surface area (Å²) < 4.78 is 4.34. The number of rotatable bonds is 3. The first-order valence-electron chi connectivity index (χ1n) is 6.73. The second-order valence-electron chi connectivity index (χ2n) is 5.36. The number of nitrogens with one attached hydrogen (secondary N) is 1. The van der Waals surface area contributed by atoms with Crippen molar-refractivity contribution >= 4 is 16.8 Å². The molecule has 0 aliphatic rings. The Hall–Kier alpha value is -1.81. The van der Waals surface area contributed by atoms with Crippen molar-refractivity contribution in [2.45, 2.75) is 26.3 Å². The highest BCUT2D eigenvalue weighted by molar-refractivity contribution is 5.83. The van der Waals surface area contributed by atoms with E-state index in [1.165, 1.54) is 16.8 Å². The molecule has 2 heterocycles. The van der Waals surface area contributed by atoms with Gasteiger partial charge in [0, 0.05) is 19.8 Å². The van der Waals surface area contributed by atoms with E-state index in [0.717, 1.165) is 17.8 Å². The molecule has 19 heavy (non-hydrogen) atoms. The van der Waals surface area contributed by atoms with E-state index in [9.17, 15) is 0 Å². The third-order valence-corrected chi connectivity index (χ3v) is 3.72. The molecule has 0 aliphatic carbocycles. The van der Waals surface area contributed by atoms with Crippen LogP contribution < -0.4 is 5.32 Å². The van der Waals surface area contributed by atoms with Crippen molar-refractivity contribution in [1.29, 1.82) is 0 Å². The highest BCUT2D eigenvalue weighted by Gasteiger charge is 2.14. The van der Waals surface area contributed by atoms with Gasteiger partial charge in [0.1, 0.15) is 0 Å². The average Bonchev–Trinajstić information content (AvgIpc) is 2.88. The first-order chi connectivity index (χ1) is 9.13. The first kappa shape index (κ1) is 12.2. The number of aromatic nitrogens is 3. The van der Waals surface area contributed by atoms with E-state index in [2.05, 4.69) is 59.6 Å². The number of hydrogen-bond acceptors (Lipinski definition) is 2. The Bertz CT molecular complexity index is 733. The molecule has 4 heteroatoms. The van der Waals surface area contributed by atoms with Crippen LogP contribution >= 0.6 is 0 Å². The lowest BCUT2D eigenvalue weighted by Crippen LogP contribution is -2.09. The van der Waals surface area contributed by atoms with Crippen LogP contribution in [0.15, 0.2) is 24.4 Å². The highest BCUT2D eigenvalue weighted by atomic mass is 15.2. The number of aryl methyl sites for hydroxylation is 1. The van der Waals surface area contributed by atoms with E-state index < -0.39 is 0 Å². The molecular formula is C15H20N4. The fraction of sp³-hybridized carbons (Fsp3) is 0.400. The van der Waals surface area contributed by atoms with Crippen molar-refractivity contribution in [2.75, 3.05) is 7.05 Å². The molecule has 0 saturated heterocycles. The Kier molecular flexibility index (Phi) is 2.82. The van der Waals surface area contributed by atoms with E-state index >= 15 is 0 Å². The van der Waals surface area contributed by atoms with Crippen LogP contribution in [0.3, 0.4) is 0 Å². The van der Waals surface area contributed by atoms with Crippen LogP contribution in [-0.4, -0.2) is 21.0 Å². The van der Waals surface area contributed by atoms with Gasteiger partial charge in [-0.05, 0) is 24.6 Å². The lowest BCUT2D eigenvalue weighted by Gasteiger charge is -2.05. The molecule has 0 radical (unpaired) electrons. The van der Waals surface area contributed by atoms with Gasteiger partial charge in [-0.15, -0.1) is 0 Å². The Morgan fingerprint density at radius 3 is 2.79 bits per heavy atom. The Labute approximate surface area is 113 Å². The molecule has 100 valence electrons. The molecule has 3 aromatic rings. The van der Waals surface area contributed by atoms with Crippen molar-refractivity contribution in [1.82, 2.24) is 19.3 Å². The van der Waals surface area contributed by atoms with E-state index in [0.29, 0.717) is 5.92 Å². The molecule has 2 aromatic heterocycles. The quantitative estimate of drug-likeness (QED) is 0.781. The zero-order valence-corrected chi connectivity index (χ0v) is 11.9. The van der Waals surface area contributed by atoms with Crippen molar-refractivity contribution in [2.24, 2.45) is 7.05 Å². The molecule has 0 aliphatic heterocycles. The van der Waals surface area contributed by atoms with E-state index in [4.69, 9.17) is 4.98 Å². The monoisotopic (exact) mass is 256 g/mol. The number of para-hydroxylation sites is 1. The maximum atomic E-state index is 4.84. The average molecular weight is 256 g/mol. The van der Waals surface area contributed by atoms with Crippen LogP contribution in [0, 0.1) is 0 Å². The molecule has 0 fully saturated rings. The summed E-state index contributed by atoms with van der Waals surface area (Å²) in [7, 11) is 4.04. The molecular weight excluding hydrogens is 236 g/mol. The number of nitrogens with zero attached hydrogens (tertiary/aromatic N) is 3. The molecule has 3 rings (SSSR count). The van der Waals surface area contributed by atoms with Crippen molar-refractivity contribution in [3.63, 3.8) is 0 Å². The smallest absolute Gasteiger partial charge is 0.214 e. The topological polar surface area (TPSA) is 34.3 Å². The van der Waals surface area contributed by atoms with Gasteiger partial charge in [-0.3, -0.25) is 4.40 Å². The molecule has 0 saturated carbocycles. The van der Waals surface area contributed by atoms with Crippen LogP contribution in [0.4, 0.5) is 0 Å². The minimum atomic E-state index is 0.491. The summed E-state index contributed by atoms with van der Waals surface area (Å²) in [4.78, 5) is 4.84. The molecule has 0 unspecified atom stereocenters. The fourth-order valence-corrected chi connectivity index (χ4v) is 2.67. The third-order valence-electron chi connectivity index (χ3n) is 3.72. The minimum absolute atomic E-state index is 0.491. The zero-order valence-electron chi connectivity index (χ0n) is 11.9. The van der Waals surface area contributed by atoms with Crippen LogP contribution in [0.1, 0.15) is 31.0 Å². The normalized spacial score (nSPS) is 12.1. The molecule has 4 nitrogen and oxygen atoms in total. The molecule has 0 atom stereocenters. The summed E-state index contributed by atoms with van der Waals surface area (Å²) in [5.74, 6) is 1.50. The van der Waals surface area contributed by atoms with E-state index in [1.54, 1.807) is 0 Å². The molecule has 1 N–H and O–H groups in total. The standard InChI is InChI=1S/C15H20N4/c1-10(2)12-6-5-7-13-14(12)17-15-18(4)11(8-16-3)9-19(13)15/h5-7,9-10,16H,8H2,1-4H3. The van der Waals surface area contributed by atoms with Gasteiger partial charge in [0.15, 0.2) is 0 Å². The SMILES string of the molecule is CNCc1cn2c3cccc(C(C)C)c3nc2n1C. The van der Waals surface area contributed by atoms with Gasteiger partial charge in [0.2, 0.25) is 5.78 Å². The van der Waals surface area contributed by atoms with Gasteiger partial charge in [-0.2, -0.15) is 0 Å². The first-order valence-corrected chi connectivity index (χ1v) is 6.73. The van der Waals surface area contributed by atoms with Crippen LogP contribution in [0.2, 0.25) is 0 Å². The van der Waals surface area contributed by atoms with Crippen LogP contribution in [0.5, 0.6) is 0 Å². The Balaban J connectivity index is 2.32. The summed E-state index contributed by atoms with van der Waals surface area (Å²) in [5.41, 5.74) is 4.87. The Morgan fingerprint density at radius 2 is 2.11 bits per heavy atom. The highest BCUT2D eigenvalue weighted by Crippen LogP contribution is 2.26. The van der Waals surface area contributed by atoms with E-state index in [1.807, 2.05) is 7.05 Å². The predicted molar refractivity (Wildman–Crippen MR) is 78.5 cm³/mol. The lowest BCUT2D eigenvalue weighted by atomic mass is 10.0. The number of imidazole rings is 2. The van der Waals surface area contributed by atoms with Gasteiger partial charge in [-0.25, -0.2) is 4.98 Å². The maximum Gasteiger partial charge on any atom is 0.214 e. The molecule has 0 bridgehead atoms. The van der Waals surface area contributed by atoms with Crippen molar-refractivity contribution in [3.05, 3.63) is 35.7 Å². The predicted octanol–water partition coefficient (Wildman–Crippen LogP) is 2.67. The van der Waals surface area contributed by atoms with Gasteiger partial charge in [0.05, 0.1) is 16.7 Å². The van der Waals surface area contributed by atoms with Gasteiger partial charge < -0.3 is 9.88 Å². The van der Waals surface area contributed by atoms with Crippen LogP contribution in [-0.2, 0) is 13.6 Å². The fourth-order valence-electron chi connectivity index (χ4n) is 2.67. The molecule has 0 spiro atoms. The summed E-state index contributed by atoms with van der Waals surface area (Å²) in [6, 6.07) is 6.44. The second-order valence-corrected chi connectivity index (χ2v) is 5.36. The minimum Gasteiger partial charge on any atom is -0.316 e. The zero-order chi connectivity index (χ0) is 13.6. The summed E-state index contributed by atoms with van der Waals surface area (Å²) >= 11 is 0. The molecule has 0 amide bonds. The molecule has 1 aromatic carbocycles. The van der Waals surface area contributed by atoms with Crippen molar-refractivity contribution in [3.8, 4) is 0 Å². The van der Waals surface area contributed by atoms with E-state index in [-0.39, 0.29) is 0 Å². The summed E-state index contributed by atoms with van der Waals surface area (Å²) in [5, 5.41) is 3.19. The maximum absolute atomic E-state index is 4.84. The largest absolute Gasteiger partial charge is 0.316 e. The van der Waals surface area contributed by atoms with Gasteiger partial charge in [-0.1, -0.05) is 26.0 Å². The van der Waals surface area contributed by atoms with Crippen molar-refractivity contribution < 1.29 is 0 Å². The summed E-state index contributed by atoms with van der Waals surface area (Å²) in [6.45, 7) is 5.28. The third kappa shape index (κ3) is 1.75. The van der Waals surface area contributed by atoms with Gasteiger partial charge >= 0.3 is 0 Å². The second kappa shape index (κ2) is 4.38. The number of benzene rings is 1. The number of hydrogen-bond donors (Lipinski definition) is 1. The summed E-state index contributed by atoms with van der Waals surface area (Å²) in [6.07, 6.45) is 2.17. The van der Waals surface area contributed by atoms with Crippen LogP contribution in [0.25, 0.3) is 16.8 Å². The van der Waals surface area contributed by atoms with Gasteiger partial charge in [0.25, 0.3) is 0 Å². The number of fused-ring (bicyclic) bond motifs is 3. The lowest BCUT2D eigenvalue weighted by molar-refractivity contribution is 0.742. The Morgan fingerprint density at radius 1 is 1.32 bits per heavy atom.